The van der Waals surface area contributed by atoms with Crippen LogP contribution in [-0.4, -0.2) is 31.6 Å². The number of nitrogens with zero attached hydrogens (tertiary/aromatic N) is 1. The molecular weight excluding hydrogens is 339 g/mol. The topological polar surface area (TPSA) is 69.7 Å². The highest BCUT2D eigenvalue weighted by molar-refractivity contribution is 7.53. The van der Waals surface area contributed by atoms with Gasteiger partial charge in [-0.05, 0) is 43.7 Å². The maximum atomic E-state index is 12.7. The first-order valence-corrected chi connectivity index (χ1v) is 10.0. The van der Waals surface area contributed by atoms with E-state index in [2.05, 4.69) is 10.3 Å². The van der Waals surface area contributed by atoms with E-state index in [1.54, 1.807) is 27.2 Å². The van der Waals surface area contributed by atoms with E-state index in [9.17, 15) is 4.57 Å². The molecule has 25 heavy (non-hydrogen) atoms. The van der Waals surface area contributed by atoms with Crippen LogP contribution in [0.2, 0.25) is 0 Å². The summed E-state index contributed by atoms with van der Waals surface area (Å²) in [7, 11) is -1.56. The third kappa shape index (κ3) is 5.65. The van der Waals surface area contributed by atoms with Crippen molar-refractivity contribution in [1.82, 2.24) is 10.3 Å². The fraction of sp³-hybridized carbons (Fsp3) is 0.389. The Labute approximate surface area is 149 Å². The summed E-state index contributed by atoms with van der Waals surface area (Å²) in [5.41, 5.74) is 1.81. The molecule has 0 saturated carbocycles. The highest BCUT2D eigenvalue weighted by Gasteiger charge is 2.26. The van der Waals surface area contributed by atoms with Gasteiger partial charge in [0.25, 0.3) is 0 Å². The van der Waals surface area contributed by atoms with Crippen LogP contribution in [0.5, 0.6) is 5.75 Å². The lowest BCUT2D eigenvalue weighted by molar-refractivity contribution is 0.217. The van der Waals surface area contributed by atoms with Crippen LogP contribution in [0, 0.1) is 0 Å². The Morgan fingerprint density at radius 1 is 1.08 bits per heavy atom. The Balaban J connectivity index is 2.24. The summed E-state index contributed by atoms with van der Waals surface area (Å²) in [6, 6.07) is 13.2. The predicted molar refractivity (Wildman–Crippen MR) is 97.9 cm³/mol. The van der Waals surface area contributed by atoms with Crippen LogP contribution in [-0.2, 0) is 13.6 Å². The summed E-state index contributed by atoms with van der Waals surface area (Å²) in [6.07, 6.45) is 1.83. The summed E-state index contributed by atoms with van der Waals surface area (Å²) in [4.78, 5) is 4.43. The van der Waals surface area contributed by atoms with Crippen molar-refractivity contribution in [3.63, 3.8) is 0 Å². The molecule has 6 nitrogen and oxygen atoms in total. The number of hydrogen-bond donors (Lipinski definition) is 1. The van der Waals surface area contributed by atoms with Gasteiger partial charge in [-0.3, -0.25) is 14.9 Å². The van der Waals surface area contributed by atoms with Crippen LogP contribution in [0.15, 0.2) is 48.7 Å². The summed E-state index contributed by atoms with van der Waals surface area (Å²) in [6.45, 7) is 4.25. The second-order valence-corrected chi connectivity index (χ2v) is 7.32. The summed E-state index contributed by atoms with van der Waals surface area (Å²) < 4.78 is 28.7. The first kappa shape index (κ1) is 19.6. The van der Waals surface area contributed by atoms with Gasteiger partial charge in [0, 0.05) is 6.20 Å². The second kappa shape index (κ2) is 9.68. The van der Waals surface area contributed by atoms with Crippen LogP contribution in [0.1, 0.15) is 31.1 Å². The molecule has 0 aliphatic rings. The molecule has 0 radical (unpaired) electrons. The van der Waals surface area contributed by atoms with Gasteiger partial charge in [0.15, 0.2) is 0 Å². The zero-order valence-electron chi connectivity index (χ0n) is 14.8. The van der Waals surface area contributed by atoms with Crippen LogP contribution in [0.4, 0.5) is 0 Å². The smallest absolute Gasteiger partial charge is 0.344 e. The molecule has 1 aromatic heterocycles. The number of rotatable bonds is 10. The fourth-order valence-corrected chi connectivity index (χ4v) is 3.91. The van der Waals surface area contributed by atoms with Crippen molar-refractivity contribution in [3.8, 4) is 5.75 Å². The predicted octanol–water partition coefficient (Wildman–Crippen LogP) is 3.99. The van der Waals surface area contributed by atoms with Crippen molar-refractivity contribution in [2.24, 2.45) is 0 Å². The van der Waals surface area contributed by atoms with Crippen molar-refractivity contribution in [3.05, 3.63) is 59.9 Å². The van der Waals surface area contributed by atoms with E-state index in [-0.39, 0.29) is 12.3 Å². The number of pyridine rings is 1. The molecule has 0 bridgehead atoms. The molecule has 0 aliphatic carbocycles. The zero-order valence-corrected chi connectivity index (χ0v) is 15.7. The summed E-state index contributed by atoms with van der Waals surface area (Å²) in [5.74, 6) is 0.776. The molecule has 1 aromatic carbocycles. The van der Waals surface area contributed by atoms with Crippen LogP contribution >= 0.6 is 7.60 Å². The molecule has 2 aromatic rings. The Morgan fingerprint density at radius 2 is 1.76 bits per heavy atom. The van der Waals surface area contributed by atoms with Crippen molar-refractivity contribution >= 4 is 7.60 Å². The van der Waals surface area contributed by atoms with Crippen molar-refractivity contribution in [1.29, 1.82) is 0 Å². The lowest BCUT2D eigenvalue weighted by Gasteiger charge is -2.23. The first-order chi connectivity index (χ1) is 12.1. The summed E-state index contributed by atoms with van der Waals surface area (Å²) >= 11 is 0. The molecule has 1 heterocycles. The minimum atomic E-state index is -3.19. The van der Waals surface area contributed by atoms with Gasteiger partial charge in [0.2, 0.25) is 0 Å². The monoisotopic (exact) mass is 364 g/mol. The highest BCUT2D eigenvalue weighted by Crippen LogP contribution is 2.47. The van der Waals surface area contributed by atoms with Crippen LogP contribution in [0.25, 0.3) is 0 Å². The van der Waals surface area contributed by atoms with Gasteiger partial charge >= 0.3 is 7.60 Å². The Hall–Kier alpha value is -1.72. The van der Waals surface area contributed by atoms with Gasteiger partial charge in [-0.1, -0.05) is 18.2 Å². The van der Waals surface area contributed by atoms with E-state index < -0.39 is 7.60 Å². The van der Waals surface area contributed by atoms with E-state index in [1.807, 2.05) is 42.5 Å². The zero-order chi connectivity index (χ0) is 18.1. The average molecular weight is 364 g/mol. The molecular formula is C18H25N2O4P. The van der Waals surface area contributed by atoms with Crippen LogP contribution in [0.3, 0.4) is 0 Å². The first-order valence-electron chi connectivity index (χ1n) is 8.28. The quantitative estimate of drug-likeness (QED) is 0.643. The maximum absolute atomic E-state index is 12.7. The molecule has 0 aliphatic heterocycles. The molecule has 0 spiro atoms. The Bertz CT molecular complexity index is 669. The molecule has 1 N–H and O–H groups in total. The number of aromatic nitrogens is 1. The van der Waals surface area contributed by atoms with Crippen LogP contribution < -0.4 is 10.1 Å². The number of hydrogen-bond acceptors (Lipinski definition) is 6. The lowest BCUT2D eigenvalue weighted by Crippen LogP contribution is -2.25. The largest absolute Gasteiger partial charge is 0.497 e. The molecule has 1 atom stereocenters. The standard InChI is InChI=1S/C18H25N2O4P/c1-4-23-25(21,24-5-2)14-20-18(17-8-6-7-13-19-17)15-9-11-16(22-3)12-10-15/h6-13,18,20H,4-5,14H2,1-3H3. The minimum Gasteiger partial charge on any atom is -0.497 e. The normalized spacial score (nSPS) is 12.8. The number of nitrogens with one attached hydrogen (secondary N) is 1. The highest BCUT2D eigenvalue weighted by atomic mass is 31.2. The van der Waals surface area contributed by atoms with Gasteiger partial charge in [-0.15, -0.1) is 0 Å². The third-order valence-corrected chi connectivity index (χ3v) is 5.45. The fourth-order valence-electron chi connectivity index (χ4n) is 2.46. The second-order valence-electron chi connectivity index (χ2n) is 5.27. The lowest BCUT2D eigenvalue weighted by atomic mass is 10.0. The van der Waals surface area contributed by atoms with E-state index >= 15 is 0 Å². The van der Waals surface area contributed by atoms with Crippen molar-refractivity contribution < 1.29 is 18.3 Å². The molecule has 0 amide bonds. The third-order valence-electron chi connectivity index (χ3n) is 3.57. The van der Waals surface area contributed by atoms with Gasteiger partial charge in [-0.2, -0.15) is 0 Å². The van der Waals surface area contributed by atoms with Gasteiger partial charge in [0.1, 0.15) is 5.75 Å². The Morgan fingerprint density at radius 3 is 2.28 bits per heavy atom. The van der Waals surface area contributed by atoms with Gasteiger partial charge < -0.3 is 13.8 Å². The number of ether oxygens (including phenoxy) is 1. The van der Waals surface area contributed by atoms with E-state index in [0.29, 0.717) is 13.2 Å². The Kier molecular flexibility index (Phi) is 7.59. The van der Waals surface area contributed by atoms with Gasteiger partial charge in [-0.25, -0.2) is 0 Å². The van der Waals surface area contributed by atoms with E-state index in [1.165, 1.54) is 0 Å². The molecule has 136 valence electrons. The molecule has 0 saturated heterocycles. The average Bonchev–Trinajstić information content (AvgIpc) is 2.64. The SMILES string of the molecule is CCOP(=O)(CNC(c1ccc(OC)cc1)c1ccccn1)OCC. The van der Waals surface area contributed by atoms with Gasteiger partial charge in [0.05, 0.1) is 38.3 Å². The maximum Gasteiger partial charge on any atom is 0.344 e. The van der Waals surface area contributed by atoms with E-state index in [4.69, 9.17) is 13.8 Å². The molecule has 1 unspecified atom stereocenters. The molecule has 0 fully saturated rings. The summed E-state index contributed by atoms with van der Waals surface area (Å²) in [5, 5.41) is 3.28. The van der Waals surface area contributed by atoms with Crippen molar-refractivity contribution in [2.75, 3.05) is 26.6 Å². The molecule has 7 heteroatoms. The minimum absolute atomic E-state index is 0.0992. The number of benzene rings is 1. The molecule has 2 rings (SSSR count). The van der Waals surface area contributed by atoms with E-state index in [0.717, 1.165) is 17.0 Å². The van der Waals surface area contributed by atoms with Crippen molar-refractivity contribution in [2.45, 2.75) is 19.9 Å². The number of methoxy groups -OCH3 is 1.